The third-order valence-corrected chi connectivity index (χ3v) is 5.49. The van der Waals surface area contributed by atoms with Gasteiger partial charge in [-0.3, -0.25) is 0 Å². The third kappa shape index (κ3) is 4.03. The predicted molar refractivity (Wildman–Crippen MR) is 126 cm³/mol. The molecule has 0 atom stereocenters. The number of hydrogen-bond donors (Lipinski definition) is 1. The second-order valence-corrected chi connectivity index (χ2v) is 8.33. The SMILES string of the molecule is CC(C)(O)c1cccc(-c2ncnc3ccc(OCc4ccc5ccccc5n4)cc23)c1. The fourth-order valence-corrected chi connectivity index (χ4v) is 3.75. The summed E-state index contributed by atoms with van der Waals surface area (Å²) in [5.41, 5.74) is 4.28. The van der Waals surface area contributed by atoms with E-state index in [1.165, 1.54) is 0 Å². The van der Waals surface area contributed by atoms with Crippen molar-refractivity contribution in [1.82, 2.24) is 15.0 Å². The van der Waals surface area contributed by atoms with Crippen molar-refractivity contribution in [3.63, 3.8) is 0 Å². The van der Waals surface area contributed by atoms with Crippen LogP contribution < -0.4 is 4.74 Å². The van der Waals surface area contributed by atoms with Gasteiger partial charge in [-0.25, -0.2) is 15.0 Å². The summed E-state index contributed by atoms with van der Waals surface area (Å²) in [6.07, 6.45) is 1.56. The molecule has 2 heterocycles. The molecule has 0 saturated carbocycles. The topological polar surface area (TPSA) is 68.1 Å². The molecular weight excluding hydrogens is 398 g/mol. The number of fused-ring (bicyclic) bond motifs is 2. The zero-order chi connectivity index (χ0) is 22.1. The number of rotatable bonds is 5. The molecule has 0 bridgehead atoms. The Bertz CT molecular complexity index is 1420. The maximum absolute atomic E-state index is 10.4. The maximum atomic E-state index is 10.4. The zero-order valence-corrected chi connectivity index (χ0v) is 18.0. The fourth-order valence-electron chi connectivity index (χ4n) is 3.75. The monoisotopic (exact) mass is 421 g/mol. The van der Waals surface area contributed by atoms with Gasteiger partial charge < -0.3 is 9.84 Å². The van der Waals surface area contributed by atoms with Crippen molar-refractivity contribution < 1.29 is 9.84 Å². The molecular formula is C27H23N3O2. The quantitative estimate of drug-likeness (QED) is 0.397. The normalized spacial score (nSPS) is 11.7. The molecule has 5 nitrogen and oxygen atoms in total. The van der Waals surface area contributed by atoms with Crippen LogP contribution in [0.4, 0.5) is 0 Å². The Balaban J connectivity index is 1.47. The Labute approximate surface area is 186 Å². The molecule has 0 aliphatic rings. The van der Waals surface area contributed by atoms with Gasteiger partial charge in [-0.15, -0.1) is 0 Å². The van der Waals surface area contributed by atoms with Gasteiger partial charge >= 0.3 is 0 Å². The average molecular weight is 422 g/mol. The molecule has 0 amide bonds. The van der Waals surface area contributed by atoms with Gasteiger partial charge in [0.05, 0.1) is 28.0 Å². The van der Waals surface area contributed by atoms with Crippen LogP contribution in [-0.2, 0) is 12.2 Å². The number of ether oxygens (including phenoxy) is 1. The molecule has 1 N–H and O–H groups in total. The first-order valence-corrected chi connectivity index (χ1v) is 10.5. The van der Waals surface area contributed by atoms with Gasteiger partial charge in [0.15, 0.2) is 0 Å². The Morgan fingerprint density at radius 1 is 0.844 bits per heavy atom. The van der Waals surface area contributed by atoms with E-state index in [9.17, 15) is 5.11 Å². The van der Waals surface area contributed by atoms with Gasteiger partial charge in [0.1, 0.15) is 18.7 Å². The lowest BCUT2D eigenvalue weighted by molar-refractivity contribution is 0.0786. The number of hydrogen-bond acceptors (Lipinski definition) is 5. The minimum absolute atomic E-state index is 0.369. The highest BCUT2D eigenvalue weighted by molar-refractivity contribution is 5.93. The Kier molecular flexibility index (Phi) is 5.04. The molecule has 0 fully saturated rings. The first-order chi connectivity index (χ1) is 15.5. The summed E-state index contributed by atoms with van der Waals surface area (Å²) >= 11 is 0. The lowest BCUT2D eigenvalue weighted by Crippen LogP contribution is -2.15. The highest BCUT2D eigenvalue weighted by Crippen LogP contribution is 2.31. The summed E-state index contributed by atoms with van der Waals surface area (Å²) in [6.45, 7) is 3.92. The van der Waals surface area contributed by atoms with E-state index >= 15 is 0 Å². The summed E-state index contributed by atoms with van der Waals surface area (Å²) in [6, 6.07) is 25.7. The summed E-state index contributed by atoms with van der Waals surface area (Å²) < 4.78 is 6.06. The van der Waals surface area contributed by atoms with Crippen molar-refractivity contribution in [1.29, 1.82) is 0 Å². The van der Waals surface area contributed by atoms with Crippen LogP contribution in [-0.4, -0.2) is 20.1 Å². The Hall–Kier alpha value is -3.83. The largest absolute Gasteiger partial charge is 0.487 e. The second-order valence-electron chi connectivity index (χ2n) is 8.33. The van der Waals surface area contributed by atoms with Crippen molar-refractivity contribution >= 4 is 21.8 Å². The molecule has 5 rings (SSSR count). The minimum Gasteiger partial charge on any atom is -0.487 e. The first kappa shape index (κ1) is 20.1. The van der Waals surface area contributed by atoms with Gasteiger partial charge in [0.25, 0.3) is 0 Å². The van der Waals surface area contributed by atoms with Crippen LogP contribution in [0.2, 0.25) is 0 Å². The van der Waals surface area contributed by atoms with Crippen LogP contribution in [0.15, 0.2) is 85.2 Å². The van der Waals surface area contributed by atoms with Gasteiger partial charge in [-0.1, -0.05) is 42.5 Å². The number of benzene rings is 3. The van der Waals surface area contributed by atoms with Crippen molar-refractivity contribution in [2.75, 3.05) is 0 Å². The van der Waals surface area contributed by atoms with Crippen LogP contribution in [0.5, 0.6) is 5.75 Å². The van der Waals surface area contributed by atoms with Crippen molar-refractivity contribution in [2.24, 2.45) is 0 Å². The lowest BCUT2D eigenvalue weighted by Gasteiger charge is -2.18. The molecule has 5 heteroatoms. The number of aliphatic hydroxyl groups is 1. The van der Waals surface area contributed by atoms with Crippen molar-refractivity contribution in [3.05, 3.63) is 96.4 Å². The smallest absolute Gasteiger partial charge is 0.130 e. The molecule has 158 valence electrons. The zero-order valence-electron chi connectivity index (χ0n) is 18.0. The molecule has 0 unspecified atom stereocenters. The van der Waals surface area contributed by atoms with Gasteiger partial charge in [0, 0.05) is 16.3 Å². The van der Waals surface area contributed by atoms with E-state index in [0.29, 0.717) is 6.61 Å². The number of nitrogens with zero attached hydrogens (tertiary/aromatic N) is 3. The molecule has 0 spiro atoms. The van der Waals surface area contributed by atoms with Crippen LogP contribution in [0.1, 0.15) is 25.1 Å². The van der Waals surface area contributed by atoms with E-state index in [4.69, 9.17) is 4.74 Å². The first-order valence-electron chi connectivity index (χ1n) is 10.5. The highest BCUT2D eigenvalue weighted by Gasteiger charge is 2.17. The number of para-hydroxylation sites is 1. The lowest BCUT2D eigenvalue weighted by atomic mass is 9.95. The van der Waals surface area contributed by atoms with Crippen LogP contribution >= 0.6 is 0 Å². The summed E-state index contributed by atoms with van der Waals surface area (Å²) in [7, 11) is 0. The molecule has 0 aliphatic carbocycles. The average Bonchev–Trinajstić information content (AvgIpc) is 2.81. The standard InChI is InChI=1S/C27H23N3O2/c1-27(2,31)20-8-5-7-19(14-20)26-23-15-22(12-13-25(23)28-17-29-26)32-16-21-11-10-18-6-3-4-9-24(18)30-21/h3-15,17,31H,16H2,1-2H3. The molecule has 0 saturated heterocycles. The molecule has 5 aromatic rings. The van der Waals surface area contributed by atoms with Gasteiger partial charge in [0.2, 0.25) is 0 Å². The van der Waals surface area contributed by atoms with Crippen LogP contribution in [0.3, 0.4) is 0 Å². The van der Waals surface area contributed by atoms with E-state index in [1.54, 1.807) is 20.2 Å². The summed E-state index contributed by atoms with van der Waals surface area (Å²) in [5.74, 6) is 0.724. The maximum Gasteiger partial charge on any atom is 0.130 e. The Morgan fingerprint density at radius 3 is 2.59 bits per heavy atom. The van der Waals surface area contributed by atoms with E-state index in [1.807, 2.05) is 72.8 Å². The van der Waals surface area contributed by atoms with Gasteiger partial charge in [-0.05, 0) is 55.8 Å². The molecule has 2 aromatic heterocycles. The fraction of sp³-hybridized carbons (Fsp3) is 0.148. The number of aromatic nitrogens is 3. The van der Waals surface area contributed by atoms with E-state index in [-0.39, 0.29) is 0 Å². The second kappa shape index (κ2) is 8.02. The molecule has 32 heavy (non-hydrogen) atoms. The van der Waals surface area contributed by atoms with Crippen molar-refractivity contribution in [3.8, 4) is 17.0 Å². The number of pyridine rings is 1. The highest BCUT2D eigenvalue weighted by atomic mass is 16.5. The molecule has 3 aromatic carbocycles. The van der Waals surface area contributed by atoms with E-state index in [2.05, 4.69) is 21.0 Å². The summed E-state index contributed by atoms with van der Waals surface area (Å²) in [5, 5.41) is 12.4. The molecule has 0 aliphatic heterocycles. The van der Waals surface area contributed by atoms with Crippen molar-refractivity contribution in [2.45, 2.75) is 26.1 Å². The van der Waals surface area contributed by atoms with Crippen LogP contribution in [0, 0.1) is 0 Å². The van der Waals surface area contributed by atoms with Gasteiger partial charge in [-0.2, -0.15) is 0 Å². The minimum atomic E-state index is -0.931. The Morgan fingerprint density at radius 2 is 1.72 bits per heavy atom. The molecule has 0 radical (unpaired) electrons. The summed E-state index contributed by atoms with van der Waals surface area (Å²) in [4.78, 5) is 13.6. The third-order valence-electron chi connectivity index (χ3n) is 5.49. The van der Waals surface area contributed by atoms with Crippen LogP contribution in [0.25, 0.3) is 33.1 Å². The van der Waals surface area contributed by atoms with E-state index < -0.39 is 5.60 Å². The predicted octanol–water partition coefficient (Wildman–Crippen LogP) is 5.65. The van der Waals surface area contributed by atoms with E-state index in [0.717, 1.165) is 50.1 Å².